The normalized spacial score (nSPS) is 11.8. The SMILES string of the molecule is CCS(=O)(=O)c1cnc(CN)s1. The first-order chi connectivity index (χ1) is 5.60. The number of nitrogens with two attached hydrogens (primary N) is 1. The second-order valence-electron chi connectivity index (χ2n) is 2.18. The molecule has 0 amide bonds. The van der Waals surface area contributed by atoms with Gasteiger partial charge in [-0.15, -0.1) is 11.3 Å². The van der Waals surface area contributed by atoms with Gasteiger partial charge in [-0.3, -0.25) is 0 Å². The molecule has 6 heteroatoms. The van der Waals surface area contributed by atoms with Crippen LogP contribution in [0, 0.1) is 0 Å². The van der Waals surface area contributed by atoms with Crippen molar-refractivity contribution in [3.63, 3.8) is 0 Å². The van der Waals surface area contributed by atoms with Gasteiger partial charge in [0.2, 0.25) is 0 Å². The molecule has 0 unspecified atom stereocenters. The lowest BCUT2D eigenvalue weighted by molar-refractivity contribution is 0.599. The molecule has 1 rings (SSSR count). The number of rotatable bonds is 3. The molecule has 0 radical (unpaired) electrons. The van der Waals surface area contributed by atoms with E-state index in [1.165, 1.54) is 6.20 Å². The number of sulfone groups is 1. The Morgan fingerprint density at radius 2 is 2.33 bits per heavy atom. The van der Waals surface area contributed by atoms with E-state index in [1.807, 2.05) is 0 Å². The van der Waals surface area contributed by atoms with E-state index in [0.717, 1.165) is 11.3 Å². The summed E-state index contributed by atoms with van der Waals surface area (Å²) in [6.07, 6.45) is 1.37. The summed E-state index contributed by atoms with van der Waals surface area (Å²) in [5.41, 5.74) is 5.30. The van der Waals surface area contributed by atoms with Crippen molar-refractivity contribution in [2.75, 3.05) is 5.75 Å². The number of nitrogens with zero attached hydrogens (tertiary/aromatic N) is 1. The number of thiazole rings is 1. The minimum atomic E-state index is -3.09. The Hall–Kier alpha value is -0.460. The van der Waals surface area contributed by atoms with Crippen LogP contribution in [0.5, 0.6) is 0 Å². The van der Waals surface area contributed by atoms with Crippen molar-refractivity contribution >= 4 is 21.2 Å². The first kappa shape index (κ1) is 9.63. The van der Waals surface area contributed by atoms with Gasteiger partial charge < -0.3 is 5.73 Å². The Morgan fingerprint density at radius 3 is 2.75 bits per heavy atom. The molecule has 0 aliphatic rings. The molecular formula is C6H10N2O2S2. The first-order valence-corrected chi connectivity index (χ1v) is 5.94. The zero-order valence-electron chi connectivity index (χ0n) is 6.65. The van der Waals surface area contributed by atoms with E-state index in [4.69, 9.17) is 5.73 Å². The second-order valence-corrected chi connectivity index (χ2v) is 5.80. The highest BCUT2D eigenvalue weighted by atomic mass is 32.2. The minimum absolute atomic E-state index is 0.110. The van der Waals surface area contributed by atoms with Gasteiger partial charge in [-0.25, -0.2) is 13.4 Å². The third-order valence-electron chi connectivity index (χ3n) is 1.39. The van der Waals surface area contributed by atoms with E-state index in [9.17, 15) is 8.42 Å². The van der Waals surface area contributed by atoms with Crippen LogP contribution in [0.2, 0.25) is 0 Å². The van der Waals surface area contributed by atoms with Crippen molar-refractivity contribution < 1.29 is 8.42 Å². The lowest BCUT2D eigenvalue weighted by atomic mass is 10.7. The van der Waals surface area contributed by atoms with Crippen molar-refractivity contribution in [2.24, 2.45) is 5.73 Å². The standard InChI is InChI=1S/C6H10N2O2S2/c1-2-12(9,10)6-4-8-5(3-7)11-6/h4H,2-3,7H2,1H3. The molecule has 0 aliphatic heterocycles. The summed E-state index contributed by atoms with van der Waals surface area (Å²) in [6.45, 7) is 1.90. The fourth-order valence-electron chi connectivity index (χ4n) is 0.674. The lowest BCUT2D eigenvalue weighted by Gasteiger charge is -1.92. The maximum Gasteiger partial charge on any atom is 0.189 e. The molecule has 0 atom stereocenters. The van der Waals surface area contributed by atoms with Crippen molar-refractivity contribution in [3.05, 3.63) is 11.2 Å². The van der Waals surface area contributed by atoms with Gasteiger partial charge in [-0.05, 0) is 0 Å². The topological polar surface area (TPSA) is 73.0 Å². The monoisotopic (exact) mass is 206 g/mol. The molecule has 2 N–H and O–H groups in total. The smallest absolute Gasteiger partial charge is 0.189 e. The maximum absolute atomic E-state index is 11.3. The van der Waals surface area contributed by atoms with E-state index in [2.05, 4.69) is 4.98 Å². The Morgan fingerprint density at radius 1 is 1.67 bits per heavy atom. The zero-order chi connectivity index (χ0) is 9.19. The number of aromatic nitrogens is 1. The predicted octanol–water partition coefficient (Wildman–Crippen LogP) is 0.395. The van der Waals surface area contributed by atoms with Crippen LogP contribution in [0.1, 0.15) is 11.9 Å². The van der Waals surface area contributed by atoms with Gasteiger partial charge in [-0.2, -0.15) is 0 Å². The molecule has 0 saturated heterocycles. The summed E-state index contributed by atoms with van der Waals surface area (Å²) in [4.78, 5) is 3.86. The molecule has 0 spiro atoms. The van der Waals surface area contributed by atoms with Crippen LogP contribution in [0.25, 0.3) is 0 Å². The summed E-state index contributed by atoms with van der Waals surface area (Å²) < 4.78 is 22.8. The third kappa shape index (κ3) is 1.82. The zero-order valence-corrected chi connectivity index (χ0v) is 8.28. The molecule has 68 valence electrons. The van der Waals surface area contributed by atoms with Gasteiger partial charge in [-0.1, -0.05) is 6.92 Å². The summed E-state index contributed by atoms with van der Waals surface area (Å²) in [6, 6.07) is 0. The van der Waals surface area contributed by atoms with Gasteiger partial charge >= 0.3 is 0 Å². The molecule has 1 aromatic rings. The Kier molecular flexibility index (Phi) is 2.81. The highest BCUT2D eigenvalue weighted by Crippen LogP contribution is 2.19. The van der Waals surface area contributed by atoms with Gasteiger partial charge in [0.05, 0.1) is 11.9 Å². The van der Waals surface area contributed by atoms with Crippen LogP contribution in [-0.2, 0) is 16.4 Å². The van der Waals surface area contributed by atoms with Gasteiger partial charge in [0, 0.05) is 6.54 Å². The van der Waals surface area contributed by atoms with Crippen molar-refractivity contribution in [1.29, 1.82) is 0 Å². The largest absolute Gasteiger partial charge is 0.325 e. The average Bonchev–Trinajstić information content (AvgIpc) is 2.52. The minimum Gasteiger partial charge on any atom is -0.325 e. The Labute approximate surface area is 75.4 Å². The van der Waals surface area contributed by atoms with Crippen molar-refractivity contribution in [1.82, 2.24) is 4.98 Å². The Bertz CT molecular complexity index is 355. The van der Waals surface area contributed by atoms with Crippen LogP contribution in [0.3, 0.4) is 0 Å². The van der Waals surface area contributed by atoms with E-state index in [-0.39, 0.29) is 5.75 Å². The first-order valence-electron chi connectivity index (χ1n) is 3.47. The molecule has 12 heavy (non-hydrogen) atoms. The van der Waals surface area contributed by atoms with E-state index >= 15 is 0 Å². The summed E-state index contributed by atoms with van der Waals surface area (Å²) >= 11 is 1.14. The lowest BCUT2D eigenvalue weighted by Crippen LogP contribution is -2.00. The van der Waals surface area contributed by atoms with E-state index < -0.39 is 9.84 Å². The van der Waals surface area contributed by atoms with Crippen LogP contribution in [0.15, 0.2) is 10.4 Å². The maximum atomic E-state index is 11.3. The van der Waals surface area contributed by atoms with E-state index in [0.29, 0.717) is 15.8 Å². The summed E-state index contributed by atoms with van der Waals surface area (Å²) in [7, 11) is -3.09. The summed E-state index contributed by atoms with van der Waals surface area (Å²) in [5.74, 6) is 0.110. The van der Waals surface area contributed by atoms with Gasteiger partial charge in [0.25, 0.3) is 0 Å². The molecule has 1 heterocycles. The highest BCUT2D eigenvalue weighted by Gasteiger charge is 2.14. The Balaban J connectivity index is 3.05. The molecule has 0 fully saturated rings. The molecule has 0 aromatic carbocycles. The van der Waals surface area contributed by atoms with Gasteiger partial charge in [0.15, 0.2) is 9.84 Å². The van der Waals surface area contributed by atoms with Gasteiger partial charge in [0.1, 0.15) is 9.22 Å². The molecule has 4 nitrogen and oxygen atoms in total. The molecule has 0 bridgehead atoms. The number of hydrogen-bond acceptors (Lipinski definition) is 5. The van der Waals surface area contributed by atoms with Crippen LogP contribution in [-0.4, -0.2) is 19.2 Å². The third-order valence-corrected chi connectivity index (χ3v) is 4.70. The summed E-state index contributed by atoms with van der Waals surface area (Å²) in [5, 5.41) is 0.655. The highest BCUT2D eigenvalue weighted by molar-refractivity contribution is 7.93. The molecule has 1 aromatic heterocycles. The molecule has 0 aliphatic carbocycles. The predicted molar refractivity (Wildman–Crippen MR) is 47.7 cm³/mol. The second kappa shape index (κ2) is 3.51. The van der Waals surface area contributed by atoms with Crippen LogP contribution in [0.4, 0.5) is 0 Å². The van der Waals surface area contributed by atoms with Crippen molar-refractivity contribution in [2.45, 2.75) is 17.7 Å². The van der Waals surface area contributed by atoms with Crippen LogP contribution >= 0.6 is 11.3 Å². The van der Waals surface area contributed by atoms with Crippen molar-refractivity contribution in [3.8, 4) is 0 Å². The molecule has 0 saturated carbocycles. The fraction of sp³-hybridized carbons (Fsp3) is 0.500. The number of hydrogen-bond donors (Lipinski definition) is 1. The van der Waals surface area contributed by atoms with E-state index in [1.54, 1.807) is 6.92 Å². The van der Waals surface area contributed by atoms with Crippen LogP contribution < -0.4 is 5.73 Å². The quantitative estimate of drug-likeness (QED) is 0.776. The molecular weight excluding hydrogens is 196 g/mol. The fourth-order valence-corrected chi connectivity index (χ4v) is 2.85. The average molecular weight is 206 g/mol.